The van der Waals surface area contributed by atoms with Crippen molar-refractivity contribution >= 4 is 17.5 Å². The summed E-state index contributed by atoms with van der Waals surface area (Å²) in [4.78, 5) is 10.6. The van der Waals surface area contributed by atoms with E-state index in [1.54, 1.807) is 12.3 Å². The molecule has 82 valence electrons. The van der Waals surface area contributed by atoms with Gasteiger partial charge in [0, 0.05) is 25.3 Å². The van der Waals surface area contributed by atoms with Gasteiger partial charge in [-0.3, -0.25) is 0 Å². The van der Waals surface area contributed by atoms with E-state index in [1.165, 1.54) is 12.8 Å². The number of halogens is 1. The van der Waals surface area contributed by atoms with Gasteiger partial charge in [-0.2, -0.15) is 0 Å². The van der Waals surface area contributed by atoms with E-state index in [2.05, 4.69) is 14.9 Å². The van der Waals surface area contributed by atoms with Gasteiger partial charge in [0.2, 0.25) is 5.95 Å². The standard InChI is InChI=1S/C10H15ClN4/c11-9-4-5-13-10(14-9)15-6-2-1-3-8(15)7-12/h4-5,8H,1-3,6-7,12H2. The zero-order valence-corrected chi connectivity index (χ0v) is 9.32. The van der Waals surface area contributed by atoms with Crippen molar-refractivity contribution in [1.29, 1.82) is 0 Å². The van der Waals surface area contributed by atoms with Crippen LogP contribution in [0.1, 0.15) is 19.3 Å². The smallest absolute Gasteiger partial charge is 0.227 e. The summed E-state index contributed by atoms with van der Waals surface area (Å²) in [5.74, 6) is 0.706. The van der Waals surface area contributed by atoms with Crippen LogP contribution in [0.2, 0.25) is 5.15 Å². The predicted molar refractivity (Wildman–Crippen MR) is 61.1 cm³/mol. The van der Waals surface area contributed by atoms with E-state index in [1.807, 2.05) is 0 Å². The quantitative estimate of drug-likeness (QED) is 0.776. The number of anilines is 1. The van der Waals surface area contributed by atoms with Crippen molar-refractivity contribution in [2.45, 2.75) is 25.3 Å². The van der Waals surface area contributed by atoms with Crippen molar-refractivity contribution in [3.8, 4) is 0 Å². The Kier molecular flexibility index (Phi) is 3.38. The first-order chi connectivity index (χ1) is 7.31. The number of hydrogen-bond donors (Lipinski definition) is 1. The molecule has 1 saturated heterocycles. The summed E-state index contributed by atoms with van der Waals surface area (Å²) in [5, 5.41) is 0.487. The first-order valence-electron chi connectivity index (χ1n) is 5.26. The molecule has 0 aliphatic carbocycles. The van der Waals surface area contributed by atoms with Crippen LogP contribution in [0.4, 0.5) is 5.95 Å². The topological polar surface area (TPSA) is 55.0 Å². The molecule has 5 heteroatoms. The maximum Gasteiger partial charge on any atom is 0.227 e. The monoisotopic (exact) mass is 226 g/mol. The Hall–Kier alpha value is -0.870. The summed E-state index contributed by atoms with van der Waals surface area (Å²) < 4.78 is 0. The van der Waals surface area contributed by atoms with Gasteiger partial charge in [-0.15, -0.1) is 0 Å². The van der Waals surface area contributed by atoms with E-state index in [-0.39, 0.29) is 0 Å². The van der Waals surface area contributed by atoms with Crippen LogP contribution in [0.5, 0.6) is 0 Å². The second kappa shape index (κ2) is 4.77. The van der Waals surface area contributed by atoms with Crippen LogP contribution in [0.3, 0.4) is 0 Å². The van der Waals surface area contributed by atoms with Crippen LogP contribution in [0, 0.1) is 0 Å². The second-order valence-corrected chi connectivity index (χ2v) is 4.15. The fourth-order valence-corrected chi connectivity index (χ4v) is 2.11. The van der Waals surface area contributed by atoms with E-state index >= 15 is 0 Å². The van der Waals surface area contributed by atoms with Gasteiger partial charge in [0.1, 0.15) is 5.15 Å². The molecule has 1 fully saturated rings. The molecule has 1 aromatic rings. The van der Waals surface area contributed by atoms with Crippen LogP contribution in [-0.4, -0.2) is 29.1 Å². The Morgan fingerprint density at radius 1 is 1.53 bits per heavy atom. The third kappa shape index (κ3) is 2.38. The van der Waals surface area contributed by atoms with Crippen molar-refractivity contribution in [1.82, 2.24) is 9.97 Å². The van der Waals surface area contributed by atoms with Crippen LogP contribution in [0.15, 0.2) is 12.3 Å². The largest absolute Gasteiger partial charge is 0.337 e. The highest BCUT2D eigenvalue weighted by molar-refractivity contribution is 6.29. The average molecular weight is 227 g/mol. The molecule has 0 radical (unpaired) electrons. The van der Waals surface area contributed by atoms with Gasteiger partial charge >= 0.3 is 0 Å². The molecule has 2 rings (SSSR count). The molecule has 1 atom stereocenters. The molecule has 0 aromatic carbocycles. The molecule has 1 aliphatic heterocycles. The van der Waals surface area contributed by atoms with Crippen molar-refractivity contribution < 1.29 is 0 Å². The summed E-state index contributed by atoms with van der Waals surface area (Å²) in [5.41, 5.74) is 5.74. The van der Waals surface area contributed by atoms with Crippen LogP contribution >= 0.6 is 11.6 Å². The number of nitrogens with zero attached hydrogens (tertiary/aromatic N) is 3. The van der Waals surface area contributed by atoms with Crippen molar-refractivity contribution in [3.05, 3.63) is 17.4 Å². The van der Waals surface area contributed by atoms with Crippen molar-refractivity contribution in [3.63, 3.8) is 0 Å². The van der Waals surface area contributed by atoms with Gasteiger partial charge in [-0.25, -0.2) is 9.97 Å². The molecule has 1 aliphatic rings. The van der Waals surface area contributed by atoms with Crippen molar-refractivity contribution in [2.75, 3.05) is 18.0 Å². The Morgan fingerprint density at radius 2 is 2.40 bits per heavy atom. The third-order valence-corrected chi connectivity index (χ3v) is 2.98. The lowest BCUT2D eigenvalue weighted by molar-refractivity contribution is 0.458. The van der Waals surface area contributed by atoms with Crippen LogP contribution in [-0.2, 0) is 0 Å². The lowest BCUT2D eigenvalue weighted by Gasteiger charge is -2.34. The number of rotatable bonds is 2. The van der Waals surface area contributed by atoms with Gasteiger partial charge < -0.3 is 10.6 Å². The fraction of sp³-hybridized carbons (Fsp3) is 0.600. The zero-order valence-electron chi connectivity index (χ0n) is 8.56. The summed E-state index contributed by atoms with van der Waals surface area (Å²) >= 11 is 5.85. The van der Waals surface area contributed by atoms with Crippen molar-refractivity contribution in [2.24, 2.45) is 5.73 Å². The molecule has 1 unspecified atom stereocenters. The predicted octanol–water partition coefficient (Wildman–Crippen LogP) is 1.45. The number of nitrogens with two attached hydrogens (primary N) is 1. The van der Waals surface area contributed by atoms with Crippen LogP contribution < -0.4 is 10.6 Å². The normalized spacial score (nSPS) is 21.7. The fourth-order valence-electron chi connectivity index (χ4n) is 1.97. The van der Waals surface area contributed by atoms with Gasteiger partial charge in [-0.05, 0) is 25.3 Å². The van der Waals surface area contributed by atoms with Gasteiger partial charge in [0.05, 0.1) is 0 Å². The first kappa shape index (κ1) is 10.6. The molecule has 1 aromatic heterocycles. The molecule has 0 amide bonds. The molecule has 15 heavy (non-hydrogen) atoms. The Labute approximate surface area is 94.5 Å². The summed E-state index contributed by atoms with van der Waals surface area (Å²) in [6.45, 7) is 1.62. The maximum absolute atomic E-state index is 5.85. The third-order valence-electron chi connectivity index (χ3n) is 2.76. The van der Waals surface area contributed by atoms with E-state index < -0.39 is 0 Å². The van der Waals surface area contributed by atoms with E-state index in [0.29, 0.717) is 23.7 Å². The molecule has 2 heterocycles. The van der Waals surface area contributed by atoms with E-state index in [4.69, 9.17) is 17.3 Å². The zero-order chi connectivity index (χ0) is 10.7. The minimum absolute atomic E-state index is 0.359. The Balaban J connectivity index is 2.20. The average Bonchev–Trinajstić information content (AvgIpc) is 2.29. The molecule has 2 N–H and O–H groups in total. The highest BCUT2D eigenvalue weighted by atomic mass is 35.5. The van der Waals surface area contributed by atoms with Crippen LogP contribution in [0.25, 0.3) is 0 Å². The lowest BCUT2D eigenvalue weighted by atomic mass is 10.0. The highest BCUT2D eigenvalue weighted by Gasteiger charge is 2.23. The summed E-state index contributed by atoms with van der Waals surface area (Å²) in [7, 11) is 0. The molecule has 0 spiro atoms. The van der Waals surface area contributed by atoms with E-state index in [9.17, 15) is 0 Å². The number of piperidine rings is 1. The molecular formula is C10H15ClN4. The minimum atomic E-state index is 0.359. The second-order valence-electron chi connectivity index (χ2n) is 3.76. The molecule has 0 saturated carbocycles. The van der Waals surface area contributed by atoms with Gasteiger partial charge in [0.25, 0.3) is 0 Å². The highest BCUT2D eigenvalue weighted by Crippen LogP contribution is 2.21. The molecule has 0 bridgehead atoms. The Bertz CT molecular complexity index is 331. The van der Waals surface area contributed by atoms with Gasteiger partial charge in [-0.1, -0.05) is 11.6 Å². The van der Waals surface area contributed by atoms with Gasteiger partial charge in [0.15, 0.2) is 0 Å². The lowest BCUT2D eigenvalue weighted by Crippen LogP contribution is -2.45. The minimum Gasteiger partial charge on any atom is -0.337 e. The number of aromatic nitrogens is 2. The summed E-state index contributed by atoms with van der Waals surface area (Å²) in [6, 6.07) is 2.05. The maximum atomic E-state index is 5.85. The molecular weight excluding hydrogens is 212 g/mol. The Morgan fingerprint density at radius 3 is 3.13 bits per heavy atom. The SMILES string of the molecule is NCC1CCCCN1c1nccc(Cl)n1. The number of hydrogen-bond acceptors (Lipinski definition) is 4. The summed E-state index contributed by atoms with van der Waals surface area (Å²) in [6.07, 6.45) is 5.21. The molecule has 4 nitrogen and oxygen atoms in total. The van der Waals surface area contributed by atoms with E-state index in [0.717, 1.165) is 13.0 Å². The first-order valence-corrected chi connectivity index (χ1v) is 5.64.